The van der Waals surface area contributed by atoms with E-state index in [1.54, 1.807) is 0 Å². The van der Waals surface area contributed by atoms with E-state index in [0.29, 0.717) is 19.4 Å². The Kier molecular flexibility index (Phi) is 8.79. The average molecular weight is 404 g/mol. The molecular formula is C13H18NO2W-. The Morgan fingerprint density at radius 3 is 2.53 bits per heavy atom. The molecule has 0 heterocycles. The topological polar surface area (TPSA) is 38.3 Å². The number of anilines is 1. The van der Waals surface area contributed by atoms with E-state index in [0.717, 1.165) is 17.9 Å². The van der Waals surface area contributed by atoms with Gasteiger partial charge in [0.1, 0.15) is 5.75 Å². The Bertz CT molecular complexity index is 325. The molecule has 1 aromatic carbocycles. The van der Waals surface area contributed by atoms with Crippen LogP contribution in [-0.2, 0) is 25.9 Å². The van der Waals surface area contributed by atoms with Gasteiger partial charge in [0.2, 0.25) is 5.91 Å². The molecule has 0 aliphatic heterocycles. The van der Waals surface area contributed by atoms with Crippen LogP contribution in [0.1, 0.15) is 26.2 Å². The van der Waals surface area contributed by atoms with Crippen LogP contribution in [0.2, 0.25) is 0 Å². The molecule has 0 aromatic heterocycles. The minimum Gasteiger partial charge on any atom is -0.494 e. The quantitative estimate of drug-likeness (QED) is 0.741. The number of carbonyl (C=O) groups excluding carboxylic acids is 1. The average Bonchev–Trinajstić information content (AvgIpc) is 2.28. The predicted octanol–water partition coefficient (Wildman–Crippen LogP) is 3.03. The van der Waals surface area contributed by atoms with Crippen molar-refractivity contribution in [3.63, 3.8) is 0 Å². The van der Waals surface area contributed by atoms with Crippen LogP contribution in [0.25, 0.3) is 0 Å². The molecule has 1 aromatic rings. The summed E-state index contributed by atoms with van der Waals surface area (Å²) in [6.07, 6.45) is 2.06. The zero-order valence-electron chi connectivity index (χ0n) is 10.1. The van der Waals surface area contributed by atoms with Crippen LogP contribution in [-0.4, -0.2) is 12.5 Å². The number of hydrogen-bond acceptors (Lipinski definition) is 2. The molecule has 17 heavy (non-hydrogen) atoms. The number of ether oxygens (including phenoxy) is 1. The van der Waals surface area contributed by atoms with Crippen molar-refractivity contribution >= 4 is 11.6 Å². The second kappa shape index (κ2) is 9.23. The first-order valence-corrected chi connectivity index (χ1v) is 5.58. The Morgan fingerprint density at radius 2 is 2.00 bits per heavy atom. The molecular weight excluding hydrogens is 386 g/mol. The zero-order valence-corrected chi connectivity index (χ0v) is 13.0. The number of benzene rings is 1. The number of nitrogens with one attached hydrogen (secondary N) is 1. The summed E-state index contributed by atoms with van der Waals surface area (Å²) in [5.74, 6) is 0.828. The smallest absolute Gasteiger partial charge is 0.221 e. The summed E-state index contributed by atoms with van der Waals surface area (Å²) in [5, 5.41) is 2.79. The maximum absolute atomic E-state index is 11.3. The molecule has 0 aliphatic carbocycles. The van der Waals surface area contributed by atoms with Crippen molar-refractivity contribution in [3.05, 3.63) is 31.2 Å². The molecule has 3 nitrogen and oxygen atoms in total. The van der Waals surface area contributed by atoms with Crippen LogP contribution < -0.4 is 10.1 Å². The van der Waals surface area contributed by atoms with E-state index in [1.165, 1.54) is 0 Å². The summed E-state index contributed by atoms with van der Waals surface area (Å²) >= 11 is 0. The van der Waals surface area contributed by atoms with E-state index in [-0.39, 0.29) is 27.0 Å². The molecule has 1 N–H and O–H groups in total. The molecule has 0 saturated heterocycles. The number of carbonyl (C=O) groups is 1. The van der Waals surface area contributed by atoms with Crippen LogP contribution in [0.15, 0.2) is 24.3 Å². The zero-order chi connectivity index (χ0) is 11.8. The van der Waals surface area contributed by atoms with Crippen molar-refractivity contribution in [2.24, 2.45) is 0 Å². The molecule has 94 valence electrons. The van der Waals surface area contributed by atoms with Gasteiger partial charge in [-0.05, 0) is 37.1 Å². The fraction of sp³-hybridized carbons (Fsp3) is 0.385. The van der Waals surface area contributed by atoms with E-state index in [1.807, 2.05) is 24.3 Å². The third-order valence-electron chi connectivity index (χ3n) is 2.01. The third-order valence-corrected chi connectivity index (χ3v) is 2.01. The van der Waals surface area contributed by atoms with Crippen molar-refractivity contribution in [1.82, 2.24) is 0 Å². The van der Waals surface area contributed by atoms with Crippen LogP contribution >= 0.6 is 0 Å². The normalized spacial score (nSPS) is 9.29. The number of amides is 1. The Labute approximate surface area is 117 Å². The standard InChI is InChI=1S/C13H18NO2.W/c1-3-5-13(15)14-11-6-8-12(9-7-11)16-10-4-2;/h6-9H,1,3-5,10H2,2H3,(H,14,15);/q-1;. The monoisotopic (exact) mass is 404 g/mol. The predicted molar refractivity (Wildman–Crippen MR) is 65.4 cm³/mol. The van der Waals surface area contributed by atoms with Gasteiger partial charge in [-0.25, -0.2) is 0 Å². The van der Waals surface area contributed by atoms with Gasteiger partial charge in [-0.3, -0.25) is 4.79 Å². The molecule has 0 saturated carbocycles. The fourth-order valence-electron chi connectivity index (χ4n) is 1.24. The Hall–Kier alpha value is -0.822. The molecule has 1 amide bonds. The first kappa shape index (κ1) is 16.2. The summed E-state index contributed by atoms with van der Waals surface area (Å²) in [6, 6.07) is 7.39. The minimum atomic E-state index is -0.00257. The van der Waals surface area contributed by atoms with Crippen LogP contribution in [0.5, 0.6) is 5.75 Å². The molecule has 0 radical (unpaired) electrons. The van der Waals surface area contributed by atoms with Crippen LogP contribution in [0, 0.1) is 6.92 Å². The van der Waals surface area contributed by atoms with Gasteiger partial charge >= 0.3 is 0 Å². The maximum atomic E-state index is 11.3. The van der Waals surface area contributed by atoms with E-state index in [2.05, 4.69) is 19.2 Å². The number of hydrogen-bond donors (Lipinski definition) is 1. The second-order valence-electron chi connectivity index (χ2n) is 3.52. The van der Waals surface area contributed by atoms with E-state index in [4.69, 9.17) is 4.74 Å². The van der Waals surface area contributed by atoms with Gasteiger partial charge in [-0.2, -0.15) is 6.42 Å². The van der Waals surface area contributed by atoms with Crippen LogP contribution in [0.4, 0.5) is 5.69 Å². The summed E-state index contributed by atoms with van der Waals surface area (Å²) in [4.78, 5) is 11.3. The largest absolute Gasteiger partial charge is 0.494 e. The van der Waals surface area contributed by atoms with Crippen molar-refractivity contribution in [2.45, 2.75) is 26.2 Å². The summed E-state index contributed by atoms with van der Waals surface area (Å²) in [6.45, 7) is 6.41. The van der Waals surface area contributed by atoms with Crippen LogP contribution in [0.3, 0.4) is 0 Å². The summed E-state index contributed by atoms with van der Waals surface area (Å²) < 4.78 is 5.44. The Morgan fingerprint density at radius 1 is 1.35 bits per heavy atom. The molecule has 0 spiro atoms. The van der Waals surface area contributed by atoms with Gasteiger partial charge < -0.3 is 17.0 Å². The number of rotatable bonds is 6. The van der Waals surface area contributed by atoms with Gasteiger partial charge in [-0.15, -0.1) is 0 Å². The van der Waals surface area contributed by atoms with E-state index >= 15 is 0 Å². The van der Waals surface area contributed by atoms with E-state index in [9.17, 15) is 4.79 Å². The minimum absolute atomic E-state index is 0. The van der Waals surface area contributed by atoms with E-state index < -0.39 is 0 Å². The van der Waals surface area contributed by atoms with Crippen molar-refractivity contribution < 1.29 is 30.6 Å². The van der Waals surface area contributed by atoms with Gasteiger partial charge in [0.15, 0.2) is 0 Å². The summed E-state index contributed by atoms with van der Waals surface area (Å²) in [7, 11) is 0. The fourth-order valence-corrected chi connectivity index (χ4v) is 1.24. The second-order valence-corrected chi connectivity index (χ2v) is 3.52. The first-order valence-electron chi connectivity index (χ1n) is 5.58. The van der Waals surface area contributed by atoms with Gasteiger partial charge in [0, 0.05) is 26.8 Å². The SMILES string of the molecule is [CH2-]CCC(=O)Nc1ccc(OCCC)cc1.[W]. The Balaban J connectivity index is 0.00000256. The van der Waals surface area contributed by atoms with Gasteiger partial charge in [0.05, 0.1) is 6.61 Å². The molecule has 1 rings (SSSR count). The molecule has 0 unspecified atom stereocenters. The first-order chi connectivity index (χ1) is 7.76. The van der Waals surface area contributed by atoms with Crippen molar-refractivity contribution in [3.8, 4) is 5.75 Å². The molecule has 0 aliphatic rings. The van der Waals surface area contributed by atoms with Crippen molar-refractivity contribution in [2.75, 3.05) is 11.9 Å². The maximum Gasteiger partial charge on any atom is 0.221 e. The third kappa shape index (κ3) is 6.47. The molecule has 0 atom stereocenters. The summed E-state index contributed by atoms with van der Waals surface area (Å²) in [5.41, 5.74) is 0.794. The molecule has 4 heteroatoms. The molecule has 0 fully saturated rings. The molecule has 0 bridgehead atoms. The van der Waals surface area contributed by atoms with Gasteiger partial charge in [0.25, 0.3) is 0 Å². The van der Waals surface area contributed by atoms with Crippen molar-refractivity contribution in [1.29, 1.82) is 0 Å². The van der Waals surface area contributed by atoms with Gasteiger partial charge in [-0.1, -0.05) is 6.92 Å².